The van der Waals surface area contributed by atoms with Crippen molar-refractivity contribution in [3.8, 4) is 5.75 Å². The molecular formula is C14H15NO3. The number of allylic oxidation sites excluding steroid dienone is 1. The highest BCUT2D eigenvalue weighted by molar-refractivity contribution is 5.98. The maximum absolute atomic E-state index is 11.7. The monoisotopic (exact) mass is 245 g/mol. The fraction of sp³-hybridized carbons (Fsp3) is 0.357. The summed E-state index contributed by atoms with van der Waals surface area (Å²) in [5.41, 5.74) is 1.98. The normalized spacial score (nSPS) is 22.7. The molecule has 2 aliphatic rings. The predicted octanol–water partition coefficient (Wildman–Crippen LogP) is 1.67. The van der Waals surface area contributed by atoms with Crippen LogP contribution in [0.5, 0.6) is 5.75 Å². The van der Waals surface area contributed by atoms with Crippen LogP contribution in [-0.4, -0.2) is 37.2 Å². The first-order valence-electron chi connectivity index (χ1n) is 6.01. The molecule has 0 saturated carbocycles. The Morgan fingerprint density at radius 3 is 2.83 bits per heavy atom. The zero-order valence-electron chi connectivity index (χ0n) is 10.3. The van der Waals surface area contributed by atoms with Gasteiger partial charge in [-0.2, -0.15) is 0 Å². The molecule has 2 heterocycles. The number of benzene rings is 1. The van der Waals surface area contributed by atoms with Gasteiger partial charge in [-0.3, -0.25) is 4.79 Å². The molecular weight excluding hydrogens is 230 g/mol. The van der Waals surface area contributed by atoms with E-state index in [9.17, 15) is 4.79 Å². The van der Waals surface area contributed by atoms with E-state index in [0.717, 1.165) is 17.0 Å². The number of hydrogen-bond acceptors (Lipinski definition) is 4. The molecule has 94 valence electrons. The van der Waals surface area contributed by atoms with Gasteiger partial charge in [0.1, 0.15) is 12.5 Å². The molecule has 0 amide bonds. The van der Waals surface area contributed by atoms with Gasteiger partial charge in [0.2, 0.25) is 0 Å². The first kappa shape index (κ1) is 11.3. The highest BCUT2D eigenvalue weighted by atomic mass is 16.5. The van der Waals surface area contributed by atoms with Gasteiger partial charge in [0, 0.05) is 18.2 Å². The average molecular weight is 245 g/mol. The summed E-state index contributed by atoms with van der Waals surface area (Å²) in [7, 11) is 1.64. The summed E-state index contributed by atoms with van der Waals surface area (Å²) in [6.07, 6.45) is 2.27. The maximum atomic E-state index is 11.7. The third kappa shape index (κ3) is 1.88. The summed E-state index contributed by atoms with van der Waals surface area (Å²) in [5.74, 6) is 0.989. The van der Waals surface area contributed by atoms with Crippen molar-refractivity contribution in [2.75, 3.05) is 20.4 Å². The second-order valence-electron chi connectivity index (χ2n) is 4.55. The summed E-state index contributed by atoms with van der Waals surface area (Å²) in [6.45, 7) is 1.20. The van der Waals surface area contributed by atoms with Crippen LogP contribution in [0.15, 0.2) is 30.3 Å². The van der Waals surface area contributed by atoms with Crippen molar-refractivity contribution >= 4 is 11.5 Å². The molecule has 3 rings (SSSR count). The number of ether oxygens (including phenoxy) is 2. The van der Waals surface area contributed by atoms with Crippen molar-refractivity contribution in [3.05, 3.63) is 35.9 Å². The summed E-state index contributed by atoms with van der Waals surface area (Å²) >= 11 is 0. The molecule has 0 unspecified atom stereocenters. The zero-order valence-corrected chi connectivity index (χ0v) is 10.3. The number of carbonyl (C=O) groups is 1. The molecule has 0 radical (unpaired) electrons. The van der Waals surface area contributed by atoms with Gasteiger partial charge in [-0.25, -0.2) is 0 Å². The van der Waals surface area contributed by atoms with E-state index in [1.54, 1.807) is 13.2 Å². The average Bonchev–Trinajstić information content (AvgIpc) is 2.86. The van der Waals surface area contributed by atoms with E-state index in [1.165, 1.54) is 0 Å². The molecule has 0 aromatic heterocycles. The van der Waals surface area contributed by atoms with Gasteiger partial charge >= 0.3 is 0 Å². The van der Waals surface area contributed by atoms with Crippen molar-refractivity contribution in [1.29, 1.82) is 0 Å². The quantitative estimate of drug-likeness (QED) is 0.794. The largest absolute Gasteiger partial charge is 0.497 e. The van der Waals surface area contributed by atoms with E-state index in [0.29, 0.717) is 19.8 Å². The molecule has 18 heavy (non-hydrogen) atoms. The maximum Gasteiger partial charge on any atom is 0.159 e. The summed E-state index contributed by atoms with van der Waals surface area (Å²) in [4.78, 5) is 13.9. The van der Waals surface area contributed by atoms with Crippen LogP contribution in [-0.2, 0) is 9.53 Å². The summed E-state index contributed by atoms with van der Waals surface area (Å²) in [6, 6.07) is 7.94. The van der Waals surface area contributed by atoms with E-state index >= 15 is 0 Å². The lowest BCUT2D eigenvalue weighted by atomic mass is 10.00. The lowest BCUT2D eigenvalue weighted by molar-refractivity contribution is -0.115. The number of hydrogen-bond donors (Lipinski definition) is 0. The predicted molar refractivity (Wildman–Crippen MR) is 67.0 cm³/mol. The van der Waals surface area contributed by atoms with Crippen LogP contribution in [0.3, 0.4) is 0 Å². The summed E-state index contributed by atoms with van der Waals surface area (Å²) in [5, 5.41) is 0. The minimum Gasteiger partial charge on any atom is -0.497 e. The van der Waals surface area contributed by atoms with E-state index < -0.39 is 0 Å². The molecule has 4 nitrogen and oxygen atoms in total. The van der Waals surface area contributed by atoms with Crippen LogP contribution < -0.4 is 4.74 Å². The van der Waals surface area contributed by atoms with Crippen LogP contribution in [0, 0.1) is 0 Å². The Morgan fingerprint density at radius 1 is 1.33 bits per heavy atom. The van der Waals surface area contributed by atoms with Gasteiger partial charge in [-0.1, -0.05) is 0 Å². The molecule has 0 N–H and O–H groups in total. The van der Waals surface area contributed by atoms with Crippen molar-refractivity contribution in [2.45, 2.75) is 12.5 Å². The molecule has 1 atom stereocenters. The molecule has 4 heteroatoms. The minimum atomic E-state index is 0.174. The van der Waals surface area contributed by atoms with Crippen LogP contribution in [0.25, 0.3) is 5.70 Å². The smallest absolute Gasteiger partial charge is 0.159 e. The second-order valence-corrected chi connectivity index (χ2v) is 4.55. The number of carbonyl (C=O) groups excluding carboxylic acids is 1. The van der Waals surface area contributed by atoms with Crippen LogP contribution in [0.1, 0.15) is 12.0 Å². The Labute approximate surface area is 106 Å². The zero-order chi connectivity index (χ0) is 12.5. The lowest BCUT2D eigenvalue weighted by Gasteiger charge is -2.30. The third-order valence-electron chi connectivity index (χ3n) is 3.41. The molecule has 1 aromatic rings. The van der Waals surface area contributed by atoms with Crippen LogP contribution in [0.2, 0.25) is 0 Å². The summed E-state index contributed by atoms with van der Waals surface area (Å²) < 4.78 is 10.6. The molecule has 0 aliphatic carbocycles. The fourth-order valence-electron chi connectivity index (χ4n) is 2.46. The second kappa shape index (κ2) is 4.46. The van der Waals surface area contributed by atoms with Gasteiger partial charge < -0.3 is 14.4 Å². The number of methoxy groups -OCH3 is 1. The Balaban J connectivity index is 1.95. The Morgan fingerprint density at radius 2 is 2.11 bits per heavy atom. The molecule has 0 bridgehead atoms. The molecule has 2 aliphatic heterocycles. The highest BCUT2D eigenvalue weighted by Crippen LogP contribution is 2.31. The Bertz CT molecular complexity index is 492. The topological polar surface area (TPSA) is 38.8 Å². The minimum absolute atomic E-state index is 0.174. The van der Waals surface area contributed by atoms with Crippen LogP contribution >= 0.6 is 0 Å². The van der Waals surface area contributed by atoms with Gasteiger partial charge in [-0.15, -0.1) is 0 Å². The van der Waals surface area contributed by atoms with Crippen molar-refractivity contribution in [3.63, 3.8) is 0 Å². The molecule has 1 saturated heterocycles. The molecule has 1 fully saturated rings. The fourth-order valence-corrected chi connectivity index (χ4v) is 2.46. The van der Waals surface area contributed by atoms with E-state index in [4.69, 9.17) is 9.47 Å². The Kier molecular flexibility index (Phi) is 2.80. The molecule has 1 aromatic carbocycles. The lowest BCUT2D eigenvalue weighted by Crippen LogP contribution is -2.35. The SMILES string of the molecule is COc1ccc(C2=CC(=O)C[C@H]3COCN23)cc1. The van der Waals surface area contributed by atoms with E-state index in [-0.39, 0.29) is 11.8 Å². The van der Waals surface area contributed by atoms with Gasteiger partial charge in [0.15, 0.2) is 5.78 Å². The standard InChI is InChI=1S/C14H15NO3/c1-17-13-4-2-10(3-5-13)14-7-12(16)6-11-8-18-9-15(11)14/h2-5,7,11H,6,8-9H2,1H3/t11-/m0/s1. The first-order chi connectivity index (χ1) is 8.78. The van der Waals surface area contributed by atoms with Crippen molar-refractivity contribution < 1.29 is 14.3 Å². The number of rotatable bonds is 2. The van der Waals surface area contributed by atoms with Gasteiger partial charge in [0.05, 0.1) is 19.8 Å². The first-order valence-corrected chi connectivity index (χ1v) is 6.01. The third-order valence-corrected chi connectivity index (χ3v) is 3.41. The Hall–Kier alpha value is -1.81. The number of ketones is 1. The highest BCUT2D eigenvalue weighted by Gasteiger charge is 2.33. The number of nitrogens with zero attached hydrogens (tertiary/aromatic N) is 1. The van der Waals surface area contributed by atoms with Crippen molar-refractivity contribution in [2.24, 2.45) is 0 Å². The van der Waals surface area contributed by atoms with Gasteiger partial charge in [-0.05, 0) is 29.8 Å². The molecule has 0 spiro atoms. The van der Waals surface area contributed by atoms with E-state index in [1.807, 2.05) is 24.3 Å². The van der Waals surface area contributed by atoms with E-state index in [2.05, 4.69) is 4.90 Å². The van der Waals surface area contributed by atoms with Crippen molar-refractivity contribution in [1.82, 2.24) is 4.90 Å². The van der Waals surface area contributed by atoms with Gasteiger partial charge in [0.25, 0.3) is 0 Å². The number of fused-ring (bicyclic) bond motifs is 1. The van der Waals surface area contributed by atoms with Crippen LogP contribution in [0.4, 0.5) is 0 Å².